The summed E-state index contributed by atoms with van der Waals surface area (Å²) in [7, 11) is 4.79. The number of methoxy groups -OCH3 is 3. The Morgan fingerprint density at radius 1 is 1.07 bits per heavy atom. The van der Waals surface area contributed by atoms with Gasteiger partial charge >= 0.3 is 5.91 Å². The largest absolute Gasteiger partial charge is 0.495 e. The van der Waals surface area contributed by atoms with Crippen molar-refractivity contribution in [2.45, 2.75) is 13.5 Å². The van der Waals surface area contributed by atoms with Gasteiger partial charge in [-0.15, -0.1) is 0 Å². The summed E-state index contributed by atoms with van der Waals surface area (Å²) >= 11 is 1.37. The van der Waals surface area contributed by atoms with E-state index in [9.17, 15) is 4.79 Å². The summed E-state index contributed by atoms with van der Waals surface area (Å²) < 4.78 is 24.8. The normalized spacial score (nSPS) is 11.9. The molecule has 0 fully saturated rings. The molecule has 7 nitrogen and oxygen atoms in total. The zero-order valence-electron chi connectivity index (χ0n) is 16.5. The number of fused-ring (bicyclic) bond motifs is 2. The molecule has 0 radical (unpaired) electrons. The van der Waals surface area contributed by atoms with Crippen LogP contribution in [0.3, 0.4) is 0 Å². The topological polar surface area (TPSA) is 75.2 Å². The van der Waals surface area contributed by atoms with E-state index in [1.807, 2.05) is 35.8 Å². The molecule has 0 saturated heterocycles. The molecule has 0 atom stereocenters. The summed E-state index contributed by atoms with van der Waals surface area (Å²) in [6.07, 6.45) is 0. The van der Waals surface area contributed by atoms with Crippen LogP contribution in [0.1, 0.15) is 17.5 Å². The number of furan rings is 1. The molecule has 2 aromatic carbocycles. The molecule has 0 N–H and O–H groups in total. The molecule has 0 aliphatic carbocycles. The van der Waals surface area contributed by atoms with Crippen molar-refractivity contribution in [2.24, 2.45) is 4.99 Å². The summed E-state index contributed by atoms with van der Waals surface area (Å²) in [6.45, 7) is 2.60. The molecule has 29 heavy (non-hydrogen) atoms. The molecule has 0 aliphatic rings. The van der Waals surface area contributed by atoms with Gasteiger partial charge in [0, 0.05) is 11.9 Å². The van der Waals surface area contributed by atoms with Crippen molar-refractivity contribution in [1.29, 1.82) is 0 Å². The average molecular weight is 412 g/mol. The number of hydrogen-bond acceptors (Lipinski definition) is 6. The number of thiazole rings is 1. The third kappa shape index (κ3) is 3.15. The molecule has 4 aromatic rings. The fourth-order valence-corrected chi connectivity index (χ4v) is 4.48. The van der Waals surface area contributed by atoms with Crippen LogP contribution in [-0.2, 0) is 6.54 Å². The summed E-state index contributed by atoms with van der Waals surface area (Å²) in [5.41, 5.74) is 1.37. The van der Waals surface area contributed by atoms with Gasteiger partial charge in [-0.25, -0.2) is 0 Å². The van der Waals surface area contributed by atoms with Crippen LogP contribution in [0.15, 0.2) is 45.8 Å². The minimum absolute atomic E-state index is 0.156. The lowest BCUT2D eigenvalue weighted by Gasteiger charge is -2.08. The number of aryl methyl sites for hydroxylation is 1. The number of para-hydroxylation sites is 1. The lowest BCUT2D eigenvalue weighted by atomic mass is 10.2. The van der Waals surface area contributed by atoms with Gasteiger partial charge in [0.2, 0.25) is 0 Å². The molecule has 1 amide bonds. The molecule has 2 aromatic heterocycles. The third-order valence-electron chi connectivity index (χ3n) is 4.64. The van der Waals surface area contributed by atoms with Crippen LogP contribution >= 0.6 is 11.3 Å². The first-order valence-corrected chi connectivity index (χ1v) is 9.82. The summed E-state index contributed by atoms with van der Waals surface area (Å²) in [6, 6.07) is 10.9. The van der Waals surface area contributed by atoms with Crippen molar-refractivity contribution in [3.8, 4) is 17.2 Å². The molecule has 8 heteroatoms. The van der Waals surface area contributed by atoms with E-state index in [-0.39, 0.29) is 5.76 Å². The van der Waals surface area contributed by atoms with Gasteiger partial charge in [-0.05, 0) is 31.2 Å². The lowest BCUT2D eigenvalue weighted by Crippen LogP contribution is -2.16. The first-order valence-electron chi connectivity index (χ1n) is 9.01. The van der Waals surface area contributed by atoms with E-state index in [2.05, 4.69) is 4.99 Å². The van der Waals surface area contributed by atoms with Crippen molar-refractivity contribution < 1.29 is 23.4 Å². The molecule has 150 valence electrons. The monoisotopic (exact) mass is 412 g/mol. The van der Waals surface area contributed by atoms with E-state index < -0.39 is 5.91 Å². The Morgan fingerprint density at radius 3 is 2.48 bits per heavy atom. The fourth-order valence-electron chi connectivity index (χ4n) is 3.28. The second-order valence-corrected chi connectivity index (χ2v) is 7.16. The second-order valence-electron chi connectivity index (χ2n) is 6.18. The maximum absolute atomic E-state index is 12.9. The highest BCUT2D eigenvalue weighted by Crippen LogP contribution is 2.35. The van der Waals surface area contributed by atoms with E-state index >= 15 is 0 Å². The predicted octanol–water partition coefficient (Wildman–Crippen LogP) is 4.24. The molecule has 2 heterocycles. The Labute approximate surface area is 170 Å². The van der Waals surface area contributed by atoms with Gasteiger partial charge in [0.1, 0.15) is 21.7 Å². The van der Waals surface area contributed by atoms with Crippen molar-refractivity contribution in [2.75, 3.05) is 21.3 Å². The van der Waals surface area contributed by atoms with Crippen molar-refractivity contribution in [1.82, 2.24) is 4.57 Å². The molecule has 4 rings (SSSR count). The van der Waals surface area contributed by atoms with Gasteiger partial charge in [0.05, 0.1) is 21.3 Å². The number of aromatic nitrogens is 1. The summed E-state index contributed by atoms with van der Waals surface area (Å²) in [4.78, 5) is 17.7. The number of ether oxygens (including phenoxy) is 3. The van der Waals surface area contributed by atoms with Crippen LogP contribution in [0.4, 0.5) is 0 Å². The maximum Gasteiger partial charge on any atom is 0.315 e. The summed E-state index contributed by atoms with van der Waals surface area (Å²) in [5, 5.41) is 0.783. The molecule has 0 spiro atoms. The molecule has 0 aliphatic heterocycles. The van der Waals surface area contributed by atoms with Crippen LogP contribution < -0.4 is 19.0 Å². The maximum atomic E-state index is 12.9. The molecular formula is C21H20N2O5S. The van der Waals surface area contributed by atoms with E-state index in [1.54, 1.807) is 33.5 Å². The first-order chi connectivity index (χ1) is 14.1. The zero-order valence-corrected chi connectivity index (χ0v) is 17.3. The number of amides is 1. The van der Waals surface area contributed by atoms with Crippen LogP contribution in [0, 0.1) is 0 Å². The minimum Gasteiger partial charge on any atom is -0.495 e. The Kier molecular flexibility index (Phi) is 5.02. The second kappa shape index (κ2) is 7.63. The molecule has 0 saturated carbocycles. The fraction of sp³-hybridized carbons (Fsp3) is 0.238. The van der Waals surface area contributed by atoms with E-state index in [0.717, 1.165) is 15.6 Å². The van der Waals surface area contributed by atoms with E-state index in [0.29, 0.717) is 34.2 Å². The van der Waals surface area contributed by atoms with Crippen LogP contribution in [0.5, 0.6) is 17.2 Å². The third-order valence-corrected chi connectivity index (χ3v) is 5.74. The lowest BCUT2D eigenvalue weighted by molar-refractivity contribution is 0.0973. The summed E-state index contributed by atoms with van der Waals surface area (Å²) in [5.74, 6) is 1.66. The van der Waals surface area contributed by atoms with Gasteiger partial charge in [0.25, 0.3) is 0 Å². The number of benzene rings is 2. The highest BCUT2D eigenvalue weighted by molar-refractivity contribution is 7.16. The van der Waals surface area contributed by atoms with Crippen LogP contribution in [-0.4, -0.2) is 31.8 Å². The number of carbonyl (C=O) groups excluding carboxylic acids is 1. The zero-order chi connectivity index (χ0) is 20.5. The molecule has 0 bridgehead atoms. The molecular weight excluding hydrogens is 392 g/mol. The quantitative estimate of drug-likeness (QED) is 0.490. The van der Waals surface area contributed by atoms with Gasteiger partial charge in [-0.1, -0.05) is 23.5 Å². The van der Waals surface area contributed by atoms with E-state index in [4.69, 9.17) is 18.6 Å². The van der Waals surface area contributed by atoms with Gasteiger partial charge in [-0.3, -0.25) is 4.79 Å². The van der Waals surface area contributed by atoms with Gasteiger partial charge in [0.15, 0.2) is 21.9 Å². The number of rotatable bonds is 5. The van der Waals surface area contributed by atoms with Gasteiger partial charge < -0.3 is 23.2 Å². The Morgan fingerprint density at radius 2 is 1.79 bits per heavy atom. The highest BCUT2D eigenvalue weighted by Gasteiger charge is 2.18. The number of hydrogen-bond donors (Lipinski definition) is 0. The van der Waals surface area contributed by atoms with Crippen LogP contribution in [0.2, 0.25) is 0 Å². The Balaban J connectivity index is 1.89. The highest BCUT2D eigenvalue weighted by atomic mass is 32.1. The average Bonchev–Trinajstić information content (AvgIpc) is 3.34. The number of carbonyl (C=O) groups is 1. The first kappa shape index (κ1) is 19.1. The Hall–Kier alpha value is -3.26. The van der Waals surface area contributed by atoms with Crippen molar-refractivity contribution >= 4 is 38.4 Å². The SMILES string of the molecule is CCn1c(=NC(=O)c2cc3cccc(OC)c3o2)sc2c(OC)ccc(OC)c21. The van der Waals surface area contributed by atoms with E-state index in [1.165, 1.54) is 11.3 Å². The Bertz CT molecular complexity index is 1280. The molecule has 0 unspecified atom stereocenters. The van der Waals surface area contributed by atoms with Crippen molar-refractivity contribution in [3.05, 3.63) is 47.0 Å². The minimum atomic E-state index is -0.463. The van der Waals surface area contributed by atoms with Crippen molar-refractivity contribution in [3.63, 3.8) is 0 Å². The number of nitrogens with zero attached hydrogens (tertiary/aromatic N) is 2. The van der Waals surface area contributed by atoms with Gasteiger partial charge in [-0.2, -0.15) is 4.99 Å². The smallest absolute Gasteiger partial charge is 0.315 e. The predicted molar refractivity (Wildman–Crippen MR) is 111 cm³/mol. The van der Waals surface area contributed by atoms with Crippen LogP contribution in [0.25, 0.3) is 21.2 Å². The standard InChI is InChI=1S/C21H20N2O5S/c1-5-23-17-13(25-2)9-10-15(27-4)19(17)29-21(23)22-20(24)16-11-12-7-6-8-14(26-3)18(12)28-16/h6-11H,5H2,1-4H3.